The molecule has 1 aliphatic rings. The van der Waals surface area contributed by atoms with Crippen molar-refractivity contribution in [3.05, 3.63) is 29.3 Å². The highest BCUT2D eigenvalue weighted by Gasteiger charge is 2.19. The number of hydrogen-bond donors (Lipinski definition) is 2. The number of carbonyl (C=O) groups excluding carboxylic acids is 2. The molecule has 0 aliphatic carbocycles. The van der Waals surface area contributed by atoms with Gasteiger partial charge in [-0.25, -0.2) is 5.01 Å². The molecule has 19 heavy (non-hydrogen) atoms. The molecule has 2 N–H and O–H groups in total. The molecule has 1 atom stereocenters. The molecule has 1 unspecified atom stereocenters. The summed E-state index contributed by atoms with van der Waals surface area (Å²) in [5.41, 5.74) is 5.68. The smallest absolute Gasteiger partial charge is 0.241 e. The second-order valence-corrected chi connectivity index (χ2v) is 5.06. The largest absolute Gasteiger partial charge is 0.326 e. The van der Waals surface area contributed by atoms with Crippen molar-refractivity contribution >= 4 is 17.5 Å². The van der Waals surface area contributed by atoms with Crippen molar-refractivity contribution in [2.24, 2.45) is 0 Å². The predicted molar refractivity (Wildman–Crippen MR) is 73.6 cm³/mol. The molecule has 1 aliphatic heterocycles. The summed E-state index contributed by atoms with van der Waals surface area (Å²) in [6.45, 7) is 1.88. The number of carbonyl (C=O) groups is 2. The lowest BCUT2D eigenvalue weighted by molar-refractivity contribution is -0.126. The van der Waals surface area contributed by atoms with Gasteiger partial charge in [-0.05, 0) is 30.5 Å². The van der Waals surface area contributed by atoms with Gasteiger partial charge < -0.3 is 5.32 Å². The Labute approximate surface area is 112 Å². The van der Waals surface area contributed by atoms with E-state index in [1.807, 2.05) is 25.1 Å². The first-order valence-electron chi connectivity index (χ1n) is 6.38. The Morgan fingerprint density at radius 1 is 1.37 bits per heavy atom. The van der Waals surface area contributed by atoms with Gasteiger partial charge in [0, 0.05) is 26.2 Å². The Morgan fingerprint density at radius 3 is 2.79 bits per heavy atom. The monoisotopic (exact) mass is 261 g/mol. The molecule has 5 heteroatoms. The molecule has 1 aromatic carbocycles. The van der Waals surface area contributed by atoms with E-state index < -0.39 is 0 Å². The number of anilines is 1. The molecule has 1 heterocycles. The van der Waals surface area contributed by atoms with Crippen molar-refractivity contribution < 1.29 is 9.59 Å². The van der Waals surface area contributed by atoms with Crippen molar-refractivity contribution in [1.29, 1.82) is 0 Å². The molecular weight excluding hydrogens is 242 g/mol. The van der Waals surface area contributed by atoms with Crippen LogP contribution in [-0.4, -0.2) is 30.9 Å². The quantitative estimate of drug-likeness (QED) is 0.805. The fourth-order valence-corrected chi connectivity index (χ4v) is 2.14. The number of nitrogens with zero attached hydrogens (tertiary/aromatic N) is 1. The second kappa shape index (κ2) is 5.40. The highest BCUT2D eigenvalue weighted by molar-refractivity contribution is 5.94. The van der Waals surface area contributed by atoms with Crippen LogP contribution in [0.5, 0.6) is 0 Å². The van der Waals surface area contributed by atoms with Crippen LogP contribution in [0.25, 0.3) is 0 Å². The summed E-state index contributed by atoms with van der Waals surface area (Å²) in [7, 11) is 3.57. The van der Waals surface area contributed by atoms with Crippen molar-refractivity contribution in [3.63, 3.8) is 0 Å². The molecule has 2 amide bonds. The maximum atomic E-state index is 12.0. The number of hydrogen-bond acceptors (Lipinski definition) is 3. The maximum Gasteiger partial charge on any atom is 0.241 e. The van der Waals surface area contributed by atoms with Crippen LogP contribution < -0.4 is 10.7 Å². The minimum Gasteiger partial charge on any atom is -0.326 e. The molecule has 0 fully saturated rings. The first kappa shape index (κ1) is 13.5. The van der Waals surface area contributed by atoms with Crippen LogP contribution in [0.4, 0.5) is 5.69 Å². The Balaban J connectivity index is 2.18. The molecule has 0 aromatic heterocycles. The van der Waals surface area contributed by atoms with Gasteiger partial charge in [-0.15, -0.1) is 0 Å². The van der Waals surface area contributed by atoms with Gasteiger partial charge >= 0.3 is 0 Å². The van der Waals surface area contributed by atoms with Crippen molar-refractivity contribution in [1.82, 2.24) is 10.4 Å². The number of hydrazine groups is 1. The topological polar surface area (TPSA) is 61.4 Å². The molecule has 5 nitrogen and oxygen atoms in total. The summed E-state index contributed by atoms with van der Waals surface area (Å²) in [5.74, 6) is -0.200. The summed E-state index contributed by atoms with van der Waals surface area (Å²) < 4.78 is 0. The Hall–Kier alpha value is -1.88. The average molecular weight is 261 g/mol. The molecule has 0 saturated heterocycles. The lowest BCUT2D eigenvalue weighted by Crippen LogP contribution is -2.38. The summed E-state index contributed by atoms with van der Waals surface area (Å²) in [6, 6.07) is 5.78. The van der Waals surface area contributed by atoms with E-state index in [0.29, 0.717) is 6.42 Å². The van der Waals surface area contributed by atoms with Gasteiger partial charge in [0.05, 0.1) is 5.92 Å². The van der Waals surface area contributed by atoms with E-state index in [0.717, 1.165) is 23.2 Å². The van der Waals surface area contributed by atoms with Crippen molar-refractivity contribution in [2.45, 2.75) is 25.7 Å². The fraction of sp³-hybridized carbons (Fsp3) is 0.429. The molecule has 1 aromatic rings. The van der Waals surface area contributed by atoms with Crippen LogP contribution in [0.15, 0.2) is 18.2 Å². The van der Waals surface area contributed by atoms with Crippen LogP contribution >= 0.6 is 0 Å². The van der Waals surface area contributed by atoms with Crippen LogP contribution in [0.2, 0.25) is 0 Å². The van der Waals surface area contributed by atoms with E-state index in [1.54, 1.807) is 19.1 Å². The average Bonchev–Trinajstić information content (AvgIpc) is 2.36. The number of aryl methyl sites for hydroxylation is 1. The number of nitrogens with one attached hydrogen (secondary N) is 2. The number of rotatable bonds is 3. The Bertz CT molecular complexity index is 511. The van der Waals surface area contributed by atoms with Crippen LogP contribution in [-0.2, 0) is 16.0 Å². The number of amides is 2. The Kier molecular flexibility index (Phi) is 3.85. The first-order chi connectivity index (χ1) is 8.97. The third-order valence-corrected chi connectivity index (χ3v) is 3.25. The van der Waals surface area contributed by atoms with E-state index in [1.165, 1.54) is 0 Å². The predicted octanol–water partition coefficient (Wildman–Crippen LogP) is 1.27. The first-order valence-corrected chi connectivity index (χ1v) is 6.38. The van der Waals surface area contributed by atoms with Gasteiger partial charge in [-0.3, -0.25) is 15.0 Å². The van der Waals surface area contributed by atoms with Gasteiger partial charge in [-0.1, -0.05) is 12.1 Å². The second-order valence-electron chi connectivity index (χ2n) is 5.06. The zero-order chi connectivity index (χ0) is 14.0. The minimum atomic E-state index is -0.217. The van der Waals surface area contributed by atoms with Gasteiger partial charge in [0.15, 0.2) is 0 Å². The fourth-order valence-electron chi connectivity index (χ4n) is 2.14. The van der Waals surface area contributed by atoms with Crippen LogP contribution in [0.1, 0.15) is 30.4 Å². The number of benzene rings is 1. The van der Waals surface area contributed by atoms with Gasteiger partial charge in [0.2, 0.25) is 11.8 Å². The third-order valence-electron chi connectivity index (χ3n) is 3.25. The van der Waals surface area contributed by atoms with Crippen molar-refractivity contribution in [2.75, 3.05) is 19.4 Å². The van der Waals surface area contributed by atoms with E-state index in [-0.39, 0.29) is 17.7 Å². The van der Waals surface area contributed by atoms with E-state index in [9.17, 15) is 9.59 Å². The minimum absolute atomic E-state index is 0.0372. The molecule has 0 spiro atoms. The van der Waals surface area contributed by atoms with Crippen molar-refractivity contribution in [3.8, 4) is 0 Å². The molecular formula is C14H19N3O2. The highest BCUT2D eigenvalue weighted by atomic mass is 16.2. The molecule has 0 saturated carbocycles. The van der Waals surface area contributed by atoms with E-state index in [2.05, 4.69) is 10.7 Å². The molecule has 0 radical (unpaired) electrons. The van der Waals surface area contributed by atoms with Gasteiger partial charge in [0.1, 0.15) is 0 Å². The van der Waals surface area contributed by atoms with Gasteiger partial charge in [-0.2, -0.15) is 0 Å². The number of fused-ring (bicyclic) bond motifs is 1. The molecule has 2 rings (SSSR count). The summed E-state index contributed by atoms with van der Waals surface area (Å²) in [5, 5.41) is 4.48. The van der Waals surface area contributed by atoms with E-state index in [4.69, 9.17) is 0 Å². The highest BCUT2D eigenvalue weighted by Crippen LogP contribution is 2.26. The lowest BCUT2D eigenvalue weighted by Gasteiger charge is -2.20. The van der Waals surface area contributed by atoms with Crippen LogP contribution in [0.3, 0.4) is 0 Å². The SMILES string of the molecule is CC(C(=O)NN(C)C)c1ccc2c(c1)CCC(=O)N2. The van der Waals surface area contributed by atoms with Crippen LogP contribution in [0, 0.1) is 0 Å². The summed E-state index contributed by atoms with van der Waals surface area (Å²) in [4.78, 5) is 23.2. The molecule has 0 bridgehead atoms. The zero-order valence-corrected chi connectivity index (χ0v) is 11.5. The summed E-state index contributed by atoms with van der Waals surface area (Å²) in [6.07, 6.45) is 1.24. The standard InChI is InChI=1S/C14H19N3O2/c1-9(14(19)16-17(2)3)10-4-6-12-11(8-10)5-7-13(18)15-12/h4,6,8-9H,5,7H2,1-3H3,(H,15,18)(H,16,19). The van der Waals surface area contributed by atoms with Gasteiger partial charge in [0.25, 0.3) is 0 Å². The normalized spacial score (nSPS) is 15.7. The maximum absolute atomic E-state index is 12.0. The zero-order valence-electron chi connectivity index (χ0n) is 11.5. The summed E-state index contributed by atoms with van der Waals surface area (Å²) >= 11 is 0. The lowest BCUT2D eigenvalue weighted by atomic mass is 9.94. The molecule has 102 valence electrons. The van der Waals surface area contributed by atoms with E-state index >= 15 is 0 Å². The third kappa shape index (κ3) is 3.12. The Morgan fingerprint density at radius 2 is 2.11 bits per heavy atom.